The molecule has 1 rings (SSSR count). The Morgan fingerprint density at radius 2 is 1.78 bits per heavy atom. The highest BCUT2D eigenvalue weighted by atomic mass is 32.2. The lowest BCUT2D eigenvalue weighted by Crippen LogP contribution is -2.62. The van der Waals surface area contributed by atoms with E-state index >= 15 is 0 Å². The number of amides is 1. The molecular weight excluding hydrogens is 362 g/mol. The zero-order valence-electron chi connectivity index (χ0n) is 15.8. The molecule has 1 heterocycles. The summed E-state index contributed by atoms with van der Waals surface area (Å²) in [6, 6.07) is 0. The van der Waals surface area contributed by atoms with E-state index in [0.717, 1.165) is 3.53 Å². The van der Waals surface area contributed by atoms with Crippen molar-refractivity contribution >= 4 is 53.5 Å². The predicted molar refractivity (Wildman–Crippen MR) is 111 cm³/mol. The molecule has 1 saturated heterocycles. The molecule has 0 saturated carbocycles. The van der Waals surface area contributed by atoms with Gasteiger partial charge in [-0.1, -0.05) is 65.5 Å². The third kappa shape index (κ3) is 6.03. The van der Waals surface area contributed by atoms with Gasteiger partial charge in [0.25, 0.3) is 0 Å². The van der Waals surface area contributed by atoms with E-state index in [4.69, 9.17) is 16.6 Å². The number of rotatable bonds is 4. The molecule has 1 fully saturated rings. The van der Waals surface area contributed by atoms with Crippen molar-refractivity contribution in [1.29, 1.82) is 0 Å². The summed E-state index contributed by atoms with van der Waals surface area (Å²) in [5, 5.41) is 3.15. The fraction of sp³-hybridized carbons (Fsp3) is 0.875. The van der Waals surface area contributed by atoms with Crippen LogP contribution in [-0.4, -0.2) is 34.0 Å². The SMILES string of the molecule is C[C@@H](O[Si](C)(C)C(C)(C)C)[C@H]1C(=O)N[C@@H]1SC(=S)SC(C)(C)C. The van der Waals surface area contributed by atoms with Crippen molar-refractivity contribution in [1.82, 2.24) is 5.32 Å². The number of nitrogens with one attached hydrogen (secondary N) is 1. The van der Waals surface area contributed by atoms with Crippen LogP contribution < -0.4 is 5.32 Å². The van der Waals surface area contributed by atoms with Crippen LogP contribution in [0.15, 0.2) is 0 Å². The molecule has 1 amide bonds. The van der Waals surface area contributed by atoms with Crippen LogP contribution in [0.25, 0.3) is 0 Å². The molecule has 0 unspecified atom stereocenters. The first-order chi connectivity index (χ1) is 10.1. The maximum Gasteiger partial charge on any atom is 0.229 e. The van der Waals surface area contributed by atoms with Crippen molar-refractivity contribution in [2.75, 3.05) is 0 Å². The summed E-state index contributed by atoms with van der Waals surface area (Å²) >= 11 is 8.73. The summed E-state index contributed by atoms with van der Waals surface area (Å²) in [5.41, 5.74) is 0. The minimum absolute atomic E-state index is 0.0321. The molecule has 0 bridgehead atoms. The molecule has 0 aromatic rings. The monoisotopic (exact) mass is 393 g/mol. The minimum atomic E-state index is -1.88. The molecule has 1 N–H and O–H groups in total. The number of thioether (sulfide) groups is 2. The normalized spacial score (nSPS) is 24.0. The third-order valence-electron chi connectivity index (χ3n) is 4.32. The van der Waals surface area contributed by atoms with Gasteiger partial charge in [0.1, 0.15) is 3.53 Å². The van der Waals surface area contributed by atoms with Crippen molar-refractivity contribution in [2.45, 2.75) is 82.8 Å². The quantitative estimate of drug-likeness (QED) is 0.412. The Morgan fingerprint density at radius 1 is 1.26 bits per heavy atom. The zero-order valence-corrected chi connectivity index (χ0v) is 19.2. The van der Waals surface area contributed by atoms with Gasteiger partial charge in [-0.25, -0.2) is 0 Å². The number of hydrogen-bond donors (Lipinski definition) is 1. The summed E-state index contributed by atoms with van der Waals surface area (Å²) in [6.07, 6.45) is -0.0791. The van der Waals surface area contributed by atoms with Crippen molar-refractivity contribution < 1.29 is 9.22 Å². The molecule has 23 heavy (non-hydrogen) atoms. The van der Waals surface area contributed by atoms with Gasteiger partial charge >= 0.3 is 0 Å². The smallest absolute Gasteiger partial charge is 0.229 e. The number of thiocarbonyl (C=S) groups is 1. The fourth-order valence-electron chi connectivity index (χ4n) is 2.02. The molecule has 0 aromatic carbocycles. The molecule has 134 valence electrons. The van der Waals surface area contributed by atoms with Crippen molar-refractivity contribution in [3.05, 3.63) is 0 Å². The van der Waals surface area contributed by atoms with Crippen LogP contribution >= 0.6 is 35.7 Å². The van der Waals surface area contributed by atoms with Crippen LogP contribution in [0, 0.1) is 5.92 Å². The first kappa shape index (κ1) is 21.5. The first-order valence-corrected chi connectivity index (χ1v) is 13.0. The zero-order chi connectivity index (χ0) is 18.2. The number of carbonyl (C=O) groups excluding carboxylic acids is 1. The van der Waals surface area contributed by atoms with Crippen LogP contribution in [0.4, 0.5) is 0 Å². The van der Waals surface area contributed by atoms with Crippen LogP contribution in [-0.2, 0) is 9.22 Å². The lowest BCUT2D eigenvalue weighted by molar-refractivity contribution is -0.136. The van der Waals surface area contributed by atoms with Crippen molar-refractivity contribution in [3.63, 3.8) is 0 Å². The van der Waals surface area contributed by atoms with Gasteiger partial charge < -0.3 is 9.74 Å². The second-order valence-electron chi connectivity index (χ2n) is 8.62. The number of hydrogen-bond acceptors (Lipinski definition) is 5. The summed E-state index contributed by atoms with van der Waals surface area (Å²) in [4.78, 5) is 12.0. The largest absolute Gasteiger partial charge is 0.413 e. The van der Waals surface area contributed by atoms with Gasteiger partial charge in [0.2, 0.25) is 5.91 Å². The van der Waals surface area contributed by atoms with Gasteiger partial charge in [-0.3, -0.25) is 4.79 Å². The average Bonchev–Trinajstić information content (AvgIpc) is 2.22. The summed E-state index contributed by atoms with van der Waals surface area (Å²) in [7, 11) is -1.88. The van der Waals surface area contributed by atoms with E-state index in [1.165, 1.54) is 0 Å². The number of carbonyl (C=O) groups is 1. The van der Waals surface area contributed by atoms with Crippen molar-refractivity contribution in [3.8, 4) is 0 Å². The lowest BCUT2D eigenvalue weighted by Gasteiger charge is -2.45. The topological polar surface area (TPSA) is 38.3 Å². The van der Waals surface area contributed by atoms with Gasteiger partial charge in [0, 0.05) is 4.75 Å². The Hall–Kier alpha value is 0.437. The highest BCUT2D eigenvalue weighted by molar-refractivity contribution is 8.47. The van der Waals surface area contributed by atoms with E-state index in [0.29, 0.717) is 0 Å². The van der Waals surface area contributed by atoms with Crippen LogP contribution in [0.2, 0.25) is 18.1 Å². The second kappa shape index (κ2) is 7.36. The van der Waals surface area contributed by atoms with E-state index in [1.54, 1.807) is 23.5 Å². The third-order valence-corrected chi connectivity index (χ3v) is 11.6. The Balaban J connectivity index is 2.67. The van der Waals surface area contributed by atoms with Gasteiger partial charge in [0.15, 0.2) is 8.32 Å². The first-order valence-electron chi connectivity index (χ1n) is 8.02. The summed E-state index contributed by atoms with van der Waals surface area (Å²) < 4.78 is 7.38. The molecule has 1 aliphatic rings. The standard InChI is InChI=1S/C16H31NO2S3Si/c1-10(19-23(8,9)16(5,6)7)11-12(18)17-13(11)21-14(20)22-15(2,3)4/h10-11,13H,1-9H3,(H,17,18)/t10-,11+,13-/m1/s1. The Bertz CT molecular complexity index is 469. The molecule has 3 nitrogen and oxygen atoms in total. The predicted octanol–water partition coefficient (Wildman–Crippen LogP) is 5.02. The molecular formula is C16H31NO2S3Si. The maximum absolute atomic E-state index is 12.0. The molecule has 0 spiro atoms. The summed E-state index contributed by atoms with van der Waals surface area (Å²) in [6.45, 7) is 19.6. The molecule has 0 radical (unpaired) electrons. The average molecular weight is 394 g/mol. The Kier molecular flexibility index (Phi) is 6.87. The minimum Gasteiger partial charge on any atom is -0.413 e. The van der Waals surface area contributed by atoms with Gasteiger partial charge in [-0.05, 0) is 25.1 Å². The maximum atomic E-state index is 12.0. The van der Waals surface area contributed by atoms with Crippen LogP contribution in [0.3, 0.4) is 0 Å². The van der Waals surface area contributed by atoms with E-state index in [-0.39, 0.29) is 33.1 Å². The van der Waals surface area contributed by atoms with Gasteiger partial charge in [-0.2, -0.15) is 0 Å². The van der Waals surface area contributed by atoms with E-state index < -0.39 is 8.32 Å². The molecule has 3 atom stereocenters. The summed E-state index contributed by atoms with van der Waals surface area (Å²) in [5.74, 6) is -0.0371. The fourth-order valence-corrected chi connectivity index (χ4v) is 7.14. The highest BCUT2D eigenvalue weighted by Crippen LogP contribution is 2.41. The van der Waals surface area contributed by atoms with E-state index in [1.807, 2.05) is 6.92 Å². The molecule has 0 aliphatic carbocycles. The highest BCUT2D eigenvalue weighted by Gasteiger charge is 2.48. The molecule has 0 aromatic heterocycles. The van der Waals surface area contributed by atoms with Crippen molar-refractivity contribution in [2.24, 2.45) is 5.92 Å². The van der Waals surface area contributed by atoms with E-state index in [9.17, 15) is 4.79 Å². The number of β-lactam (4-membered cyclic amide) rings is 1. The van der Waals surface area contributed by atoms with Gasteiger partial charge in [-0.15, -0.1) is 11.8 Å². The second-order valence-corrected chi connectivity index (χ2v) is 17.5. The molecule has 1 aliphatic heterocycles. The Morgan fingerprint density at radius 3 is 2.17 bits per heavy atom. The molecule has 7 heteroatoms. The van der Waals surface area contributed by atoms with Crippen LogP contribution in [0.5, 0.6) is 0 Å². The Labute approximate surface area is 156 Å². The van der Waals surface area contributed by atoms with E-state index in [2.05, 4.69) is 60.0 Å². The van der Waals surface area contributed by atoms with Gasteiger partial charge in [0.05, 0.1) is 17.4 Å². The lowest BCUT2D eigenvalue weighted by atomic mass is 9.96. The van der Waals surface area contributed by atoms with Crippen LogP contribution in [0.1, 0.15) is 48.5 Å².